The van der Waals surface area contributed by atoms with Crippen molar-refractivity contribution in [3.63, 3.8) is 0 Å². The van der Waals surface area contributed by atoms with Crippen molar-refractivity contribution in [1.82, 2.24) is 0 Å². The van der Waals surface area contributed by atoms with Gasteiger partial charge in [0.05, 0.1) is 12.7 Å². The molecule has 2 aromatic rings. The molecule has 2 nitrogen and oxygen atoms in total. The van der Waals surface area contributed by atoms with Crippen molar-refractivity contribution in [1.29, 1.82) is 0 Å². The summed E-state index contributed by atoms with van der Waals surface area (Å²) in [6.45, 7) is 2.27. The van der Waals surface area contributed by atoms with Crippen molar-refractivity contribution in [2.45, 2.75) is 88.8 Å². The molecule has 2 fully saturated rings. The van der Waals surface area contributed by atoms with Crippen LogP contribution >= 0.6 is 0 Å². The van der Waals surface area contributed by atoms with Crippen molar-refractivity contribution in [2.24, 2.45) is 0 Å². The molecule has 0 aromatic heterocycles. The van der Waals surface area contributed by atoms with Crippen LogP contribution in [-0.4, -0.2) is 19.8 Å². The molecular weight excluding hydrogens is 444 g/mol. The van der Waals surface area contributed by atoms with E-state index in [9.17, 15) is 8.78 Å². The quantitative estimate of drug-likeness (QED) is 0.377. The van der Waals surface area contributed by atoms with Gasteiger partial charge < -0.3 is 9.47 Å². The molecule has 0 saturated heterocycles. The van der Waals surface area contributed by atoms with Gasteiger partial charge in [0.1, 0.15) is 0 Å². The summed E-state index contributed by atoms with van der Waals surface area (Å²) in [6.07, 6.45) is 5.95. The van der Waals surface area contributed by atoms with Crippen molar-refractivity contribution < 1.29 is 27.0 Å². The lowest BCUT2D eigenvalue weighted by molar-refractivity contribution is 0.0655. The topological polar surface area (TPSA) is 18.5 Å². The van der Waals surface area contributed by atoms with Gasteiger partial charge in [0.2, 0.25) is 0 Å². The number of methoxy groups -OCH3 is 1. The molecule has 0 atom stereocenters. The second-order valence-electron chi connectivity index (χ2n) is 9.71. The van der Waals surface area contributed by atoms with Crippen molar-refractivity contribution >= 4 is 0 Å². The summed E-state index contributed by atoms with van der Waals surface area (Å²) in [7, 11) is 1.69. The van der Waals surface area contributed by atoms with E-state index >= 15 is 8.78 Å². The molecule has 2 aliphatic rings. The summed E-state index contributed by atoms with van der Waals surface area (Å²) >= 11 is 0. The van der Waals surface area contributed by atoms with Crippen LogP contribution in [0, 0.1) is 23.3 Å². The molecule has 0 amide bonds. The fourth-order valence-electron chi connectivity index (χ4n) is 5.78. The van der Waals surface area contributed by atoms with Gasteiger partial charge in [0, 0.05) is 19.3 Å². The minimum absolute atomic E-state index is 0.0225. The van der Waals surface area contributed by atoms with Crippen LogP contribution in [-0.2, 0) is 16.1 Å². The van der Waals surface area contributed by atoms with Gasteiger partial charge in [0.15, 0.2) is 23.3 Å². The first kappa shape index (κ1) is 25.2. The third-order valence-electron chi connectivity index (χ3n) is 7.85. The predicted octanol–water partition coefficient (Wildman–Crippen LogP) is 7.89. The zero-order valence-electron chi connectivity index (χ0n) is 20.0. The van der Waals surface area contributed by atoms with Crippen LogP contribution in [0.25, 0.3) is 0 Å². The van der Waals surface area contributed by atoms with Crippen LogP contribution in [0.15, 0.2) is 24.3 Å². The van der Waals surface area contributed by atoms with Gasteiger partial charge in [0.25, 0.3) is 0 Å². The molecule has 0 spiro atoms. The molecular formula is C28H34F4O2. The smallest absolute Gasteiger partial charge is 0.164 e. The Morgan fingerprint density at radius 2 is 1.06 bits per heavy atom. The lowest BCUT2D eigenvalue weighted by atomic mass is 9.75. The highest BCUT2D eigenvalue weighted by molar-refractivity contribution is 5.33. The first-order chi connectivity index (χ1) is 16.4. The van der Waals surface area contributed by atoms with E-state index in [0.29, 0.717) is 49.0 Å². The van der Waals surface area contributed by atoms with E-state index < -0.39 is 23.3 Å². The Kier molecular flexibility index (Phi) is 8.30. The first-order valence-electron chi connectivity index (χ1n) is 12.5. The second kappa shape index (κ2) is 11.2. The monoisotopic (exact) mass is 478 g/mol. The fraction of sp³-hybridized carbons (Fsp3) is 0.571. The van der Waals surface area contributed by atoms with Gasteiger partial charge in [-0.25, -0.2) is 17.6 Å². The summed E-state index contributed by atoms with van der Waals surface area (Å²) < 4.78 is 69.9. The van der Waals surface area contributed by atoms with Gasteiger partial charge in [-0.15, -0.1) is 0 Å². The van der Waals surface area contributed by atoms with Crippen LogP contribution in [0.2, 0.25) is 0 Å². The van der Waals surface area contributed by atoms with Crippen LogP contribution in [0.1, 0.15) is 98.3 Å². The van der Waals surface area contributed by atoms with Gasteiger partial charge >= 0.3 is 0 Å². The highest BCUT2D eigenvalue weighted by atomic mass is 19.2. The zero-order chi connectivity index (χ0) is 24.2. The summed E-state index contributed by atoms with van der Waals surface area (Å²) in [5.41, 5.74) is 1.45. The molecule has 2 saturated carbocycles. The average molecular weight is 479 g/mol. The number of ether oxygens (including phenoxy) is 2. The van der Waals surface area contributed by atoms with Crippen LogP contribution < -0.4 is 0 Å². The first-order valence-corrected chi connectivity index (χ1v) is 12.5. The molecule has 0 aliphatic heterocycles. The molecule has 0 bridgehead atoms. The van der Waals surface area contributed by atoms with Crippen LogP contribution in [0.5, 0.6) is 0 Å². The highest BCUT2D eigenvalue weighted by Gasteiger charge is 2.31. The normalized spacial score (nSPS) is 25.5. The summed E-state index contributed by atoms with van der Waals surface area (Å²) in [4.78, 5) is 0. The third kappa shape index (κ3) is 5.18. The van der Waals surface area contributed by atoms with Gasteiger partial charge in [-0.05, 0) is 92.7 Å². The summed E-state index contributed by atoms with van der Waals surface area (Å²) in [5.74, 6) is -3.36. The van der Waals surface area contributed by atoms with Crippen molar-refractivity contribution in [3.05, 3.63) is 69.8 Å². The molecule has 34 heavy (non-hydrogen) atoms. The number of benzene rings is 2. The lowest BCUT2D eigenvalue weighted by Gasteiger charge is -2.31. The Bertz CT molecular complexity index is 977. The van der Waals surface area contributed by atoms with Crippen LogP contribution in [0.4, 0.5) is 17.6 Å². The van der Waals surface area contributed by atoms with E-state index in [-0.39, 0.29) is 36.0 Å². The fourth-order valence-corrected chi connectivity index (χ4v) is 5.78. The number of rotatable bonds is 7. The molecule has 6 heteroatoms. The van der Waals surface area contributed by atoms with Gasteiger partial charge in [-0.2, -0.15) is 0 Å². The number of hydrogen-bond acceptors (Lipinski definition) is 2. The molecule has 0 radical (unpaired) electrons. The molecule has 0 unspecified atom stereocenters. The van der Waals surface area contributed by atoms with E-state index in [0.717, 1.165) is 25.7 Å². The maximum atomic E-state index is 15.1. The molecule has 2 aliphatic carbocycles. The molecule has 2 aromatic carbocycles. The minimum Gasteiger partial charge on any atom is -0.381 e. The van der Waals surface area contributed by atoms with E-state index in [2.05, 4.69) is 0 Å². The Balaban J connectivity index is 1.42. The lowest BCUT2D eigenvalue weighted by Crippen LogP contribution is -2.20. The summed E-state index contributed by atoms with van der Waals surface area (Å²) in [5, 5.41) is 0. The molecule has 186 valence electrons. The highest BCUT2D eigenvalue weighted by Crippen LogP contribution is 2.44. The Labute approximate surface area is 199 Å². The van der Waals surface area contributed by atoms with Crippen LogP contribution in [0.3, 0.4) is 0 Å². The van der Waals surface area contributed by atoms with E-state index in [4.69, 9.17) is 9.47 Å². The zero-order valence-corrected chi connectivity index (χ0v) is 20.0. The maximum Gasteiger partial charge on any atom is 0.164 e. The maximum absolute atomic E-state index is 15.1. The second-order valence-corrected chi connectivity index (χ2v) is 9.71. The molecule has 0 N–H and O–H groups in total. The van der Waals surface area contributed by atoms with Gasteiger partial charge in [-0.1, -0.05) is 24.3 Å². The van der Waals surface area contributed by atoms with Crippen molar-refractivity contribution in [2.75, 3.05) is 13.7 Å². The number of halogens is 4. The van der Waals surface area contributed by atoms with E-state index in [1.165, 1.54) is 0 Å². The Morgan fingerprint density at radius 1 is 0.647 bits per heavy atom. The minimum atomic E-state index is -0.851. The van der Waals surface area contributed by atoms with E-state index in [1.54, 1.807) is 38.3 Å². The third-order valence-corrected chi connectivity index (χ3v) is 7.85. The Morgan fingerprint density at radius 3 is 1.50 bits per heavy atom. The largest absolute Gasteiger partial charge is 0.381 e. The van der Waals surface area contributed by atoms with E-state index in [1.807, 2.05) is 0 Å². The predicted molar refractivity (Wildman–Crippen MR) is 124 cm³/mol. The van der Waals surface area contributed by atoms with Crippen molar-refractivity contribution in [3.8, 4) is 0 Å². The molecule has 0 heterocycles. The SMILES string of the molecule is CCOCc1ccc(C2CCC(c3ccc(C4CCC(OC)CC4)c(F)c3F)CC2)c(F)c1F. The standard InChI is InChI=1S/C28H34F4O2/c1-3-34-16-20-10-13-22(26(30)25(20)29)17-4-6-18(7-5-17)23-14-15-24(28(32)27(23)31)19-8-11-21(33-2)12-9-19/h10,13-15,17-19,21H,3-9,11-12,16H2,1-2H3. The number of hydrogen-bond donors (Lipinski definition) is 0. The Hall–Kier alpha value is -1.92. The average Bonchev–Trinajstić information content (AvgIpc) is 2.87. The summed E-state index contributed by atoms with van der Waals surface area (Å²) in [6, 6.07) is 6.72. The van der Waals surface area contributed by atoms with Gasteiger partial charge in [-0.3, -0.25) is 0 Å². The molecule has 4 rings (SSSR count).